The summed E-state index contributed by atoms with van der Waals surface area (Å²) >= 11 is 1.63. The summed E-state index contributed by atoms with van der Waals surface area (Å²) in [5.74, 6) is 0.671. The van der Waals surface area contributed by atoms with Gasteiger partial charge in [-0.25, -0.2) is 0 Å². The van der Waals surface area contributed by atoms with Gasteiger partial charge < -0.3 is 15.0 Å². The Morgan fingerprint density at radius 1 is 1.12 bits per heavy atom. The number of aryl methyl sites for hydroxylation is 1. The third-order valence-corrected chi connectivity index (χ3v) is 6.53. The highest BCUT2D eigenvalue weighted by molar-refractivity contribution is 7.13. The van der Waals surface area contributed by atoms with Gasteiger partial charge in [0, 0.05) is 24.7 Å². The molecule has 1 aliphatic rings. The lowest BCUT2D eigenvalue weighted by atomic mass is 10.0. The normalized spacial score (nSPS) is 14.2. The molecule has 0 saturated carbocycles. The van der Waals surface area contributed by atoms with Gasteiger partial charge in [-0.05, 0) is 74.5 Å². The average molecular weight is 450 g/mol. The van der Waals surface area contributed by atoms with Crippen LogP contribution in [0.25, 0.3) is 10.6 Å². The zero-order valence-electron chi connectivity index (χ0n) is 18.3. The molecule has 0 aliphatic carbocycles. The first kappa shape index (κ1) is 22.0. The van der Waals surface area contributed by atoms with Crippen LogP contribution in [-0.4, -0.2) is 47.4 Å². The molecule has 1 aliphatic heterocycles. The summed E-state index contributed by atoms with van der Waals surface area (Å²) in [6.07, 6.45) is 1.46. The first-order chi connectivity index (χ1) is 15.5. The Kier molecular flexibility index (Phi) is 6.85. The fourth-order valence-corrected chi connectivity index (χ4v) is 4.59. The van der Waals surface area contributed by atoms with Crippen molar-refractivity contribution >= 4 is 23.2 Å². The van der Waals surface area contributed by atoms with Crippen LogP contribution in [0.1, 0.15) is 46.2 Å². The molecule has 0 bridgehead atoms. The third kappa shape index (κ3) is 4.99. The van der Waals surface area contributed by atoms with Gasteiger partial charge in [-0.1, -0.05) is 6.07 Å². The number of carbonyl (C=O) groups is 2. The van der Waals surface area contributed by atoms with Crippen LogP contribution in [0.3, 0.4) is 0 Å². The molecule has 0 atom stereocenters. The van der Waals surface area contributed by atoms with Crippen molar-refractivity contribution in [2.45, 2.75) is 32.7 Å². The number of amides is 2. The number of likely N-dealkylation sites (tertiary alicyclic amines) is 1. The number of thiophene rings is 1. The first-order valence-electron chi connectivity index (χ1n) is 10.9. The molecule has 4 rings (SSSR count). The number of aromatic nitrogens is 1. The number of pyridine rings is 1. The number of rotatable bonds is 6. The highest BCUT2D eigenvalue weighted by atomic mass is 32.1. The van der Waals surface area contributed by atoms with Crippen LogP contribution in [0.2, 0.25) is 0 Å². The molecule has 0 spiro atoms. The van der Waals surface area contributed by atoms with Crippen LogP contribution in [0.4, 0.5) is 0 Å². The van der Waals surface area contributed by atoms with Gasteiger partial charge in [0.2, 0.25) is 0 Å². The van der Waals surface area contributed by atoms with E-state index in [0.717, 1.165) is 34.9 Å². The lowest BCUT2D eigenvalue weighted by molar-refractivity contribution is 0.0698. The molecular formula is C25H27N3O3S. The molecule has 32 heavy (non-hydrogen) atoms. The number of hydrogen-bond donors (Lipinski definition) is 1. The summed E-state index contributed by atoms with van der Waals surface area (Å²) in [5.41, 5.74) is 2.85. The van der Waals surface area contributed by atoms with E-state index in [4.69, 9.17) is 4.74 Å². The average Bonchev–Trinajstić information content (AvgIpc) is 3.35. The van der Waals surface area contributed by atoms with Crippen molar-refractivity contribution in [1.82, 2.24) is 15.2 Å². The van der Waals surface area contributed by atoms with E-state index in [1.165, 1.54) is 0 Å². The highest BCUT2D eigenvalue weighted by Crippen LogP contribution is 2.24. The van der Waals surface area contributed by atoms with Gasteiger partial charge in [-0.2, -0.15) is 0 Å². The fourth-order valence-electron chi connectivity index (χ4n) is 3.90. The predicted molar refractivity (Wildman–Crippen MR) is 126 cm³/mol. The minimum Gasteiger partial charge on any atom is -0.494 e. The molecule has 0 unspecified atom stereocenters. The van der Waals surface area contributed by atoms with E-state index >= 15 is 0 Å². The largest absolute Gasteiger partial charge is 0.494 e. The standard InChI is InChI=1S/C25H27N3O3S/c1-3-31-20-8-6-18(7-9-20)25(30)28-14-12-19(13-15-28)27-24(29)21-10-11-22(26-17(21)2)23-5-4-16-32-23/h4-11,16,19H,3,12-15H2,1-2H3,(H,27,29). The number of benzene rings is 1. The maximum atomic E-state index is 12.8. The van der Waals surface area contributed by atoms with Crippen LogP contribution in [0, 0.1) is 6.92 Å². The Bertz CT molecular complexity index is 1070. The molecule has 7 heteroatoms. The third-order valence-electron chi connectivity index (χ3n) is 5.63. The molecule has 1 aromatic carbocycles. The van der Waals surface area contributed by atoms with Crippen molar-refractivity contribution in [3.05, 3.63) is 70.7 Å². The SMILES string of the molecule is CCOc1ccc(C(=O)N2CCC(NC(=O)c3ccc(-c4cccs4)nc3C)CC2)cc1. The first-order valence-corrected chi connectivity index (χ1v) is 11.8. The number of carbonyl (C=O) groups excluding carboxylic acids is 2. The molecule has 3 aromatic rings. The van der Waals surface area contributed by atoms with E-state index in [9.17, 15) is 9.59 Å². The second-order valence-electron chi connectivity index (χ2n) is 7.80. The predicted octanol–water partition coefficient (Wildman–Crippen LogP) is 4.55. The maximum absolute atomic E-state index is 12.8. The molecule has 2 aromatic heterocycles. The number of ether oxygens (including phenoxy) is 1. The summed E-state index contributed by atoms with van der Waals surface area (Å²) in [5, 5.41) is 5.13. The molecule has 2 amide bonds. The van der Waals surface area contributed by atoms with Crippen LogP contribution < -0.4 is 10.1 Å². The molecule has 0 radical (unpaired) electrons. The molecule has 3 heterocycles. The van der Waals surface area contributed by atoms with E-state index in [2.05, 4.69) is 10.3 Å². The van der Waals surface area contributed by atoms with E-state index < -0.39 is 0 Å². The van der Waals surface area contributed by atoms with Crippen molar-refractivity contribution in [3.63, 3.8) is 0 Å². The van der Waals surface area contributed by atoms with E-state index in [1.807, 2.05) is 60.5 Å². The Morgan fingerprint density at radius 3 is 2.50 bits per heavy atom. The molecule has 1 fully saturated rings. The zero-order chi connectivity index (χ0) is 22.5. The van der Waals surface area contributed by atoms with E-state index in [-0.39, 0.29) is 17.9 Å². The van der Waals surface area contributed by atoms with Crippen molar-refractivity contribution < 1.29 is 14.3 Å². The van der Waals surface area contributed by atoms with Gasteiger partial charge >= 0.3 is 0 Å². The second kappa shape index (κ2) is 9.96. The van der Waals surface area contributed by atoms with E-state index in [0.29, 0.717) is 30.8 Å². The lowest BCUT2D eigenvalue weighted by Crippen LogP contribution is -2.46. The van der Waals surface area contributed by atoms with E-state index in [1.54, 1.807) is 23.5 Å². The summed E-state index contributed by atoms with van der Waals surface area (Å²) in [6.45, 7) is 5.63. The highest BCUT2D eigenvalue weighted by Gasteiger charge is 2.25. The van der Waals surface area contributed by atoms with Gasteiger partial charge in [0.25, 0.3) is 11.8 Å². The minimum absolute atomic E-state index is 0.0158. The Morgan fingerprint density at radius 2 is 1.88 bits per heavy atom. The van der Waals surface area contributed by atoms with Gasteiger partial charge in [-0.3, -0.25) is 14.6 Å². The van der Waals surface area contributed by atoms with Crippen LogP contribution in [0.5, 0.6) is 5.75 Å². The molecule has 166 valence electrons. The second-order valence-corrected chi connectivity index (χ2v) is 8.75. The Balaban J connectivity index is 1.32. The Hall–Kier alpha value is -3.19. The summed E-state index contributed by atoms with van der Waals surface area (Å²) in [6, 6.07) is 15.0. The monoisotopic (exact) mass is 449 g/mol. The Labute approximate surface area is 192 Å². The summed E-state index contributed by atoms with van der Waals surface area (Å²) in [7, 11) is 0. The van der Waals surface area contributed by atoms with Crippen LogP contribution >= 0.6 is 11.3 Å². The van der Waals surface area contributed by atoms with Gasteiger partial charge in [0.15, 0.2) is 0 Å². The number of hydrogen-bond acceptors (Lipinski definition) is 5. The zero-order valence-corrected chi connectivity index (χ0v) is 19.2. The van der Waals surface area contributed by atoms with Gasteiger partial charge in [0.05, 0.1) is 28.4 Å². The summed E-state index contributed by atoms with van der Waals surface area (Å²) < 4.78 is 5.44. The van der Waals surface area contributed by atoms with Crippen molar-refractivity contribution in [2.75, 3.05) is 19.7 Å². The number of nitrogens with zero attached hydrogens (tertiary/aromatic N) is 2. The topological polar surface area (TPSA) is 71.5 Å². The smallest absolute Gasteiger partial charge is 0.253 e. The van der Waals surface area contributed by atoms with Gasteiger partial charge in [-0.15, -0.1) is 11.3 Å². The summed E-state index contributed by atoms with van der Waals surface area (Å²) in [4.78, 5) is 33.1. The molecule has 1 saturated heterocycles. The van der Waals surface area contributed by atoms with Crippen LogP contribution in [-0.2, 0) is 0 Å². The fraction of sp³-hybridized carbons (Fsp3) is 0.320. The quantitative estimate of drug-likeness (QED) is 0.599. The number of nitrogens with one attached hydrogen (secondary N) is 1. The lowest BCUT2D eigenvalue weighted by Gasteiger charge is -2.32. The van der Waals surface area contributed by atoms with Crippen molar-refractivity contribution in [2.24, 2.45) is 0 Å². The minimum atomic E-state index is -0.107. The molecule has 6 nitrogen and oxygen atoms in total. The van der Waals surface area contributed by atoms with Crippen LogP contribution in [0.15, 0.2) is 53.9 Å². The molecule has 1 N–H and O–H groups in total. The van der Waals surface area contributed by atoms with Crippen molar-refractivity contribution in [1.29, 1.82) is 0 Å². The molecular weight excluding hydrogens is 422 g/mol. The maximum Gasteiger partial charge on any atom is 0.253 e. The number of piperidine rings is 1. The van der Waals surface area contributed by atoms with Gasteiger partial charge in [0.1, 0.15) is 5.75 Å². The van der Waals surface area contributed by atoms with Crippen molar-refractivity contribution in [3.8, 4) is 16.3 Å².